The molecule has 1 saturated heterocycles. The molecule has 0 spiro atoms. The van der Waals surface area contributed by atoms with Gasteiger partial charge in [-0.1, -0.05) is 6.08 Å². The van der Waals surface area contributed by atoms with E-state index in [0.717, 1.165) is 4.90 Å². The molecule has 1 rings (SSSR count). The van der Waals surface area contributed by atoms with Crippen LogP contribution in [0.15, 0.2) is 12.2 Å². The molecule has 0 bridgehead atoms. The van der Waals surface area contributed by atoms with E-state index >= 15 is 0 Å². The number of carbonyl (C=O) groups excluding carboxylic acids is 3. The lowest BCUT2D eigenvalue weighted by molar-refractivity contribution is -0.137. The van der Waals surface area contributed by atoms with Crippen molar-refractivity contribution in [3.05, 3.63) is 12.2 Å². The van der Waals surface area contributed by atoms with Crippen molar-refractivity contribution in [2.75, 3.05) is 7.05 Å². The summed E-state index contributed by atoms with van der Waals surface area (Å²) in [6.45, 7) is 1.70. The Morgan fingerprint density at radius 3 is 2.64 bits per heavy atom. The molecule has 1 fully saturated rings. The quantitative estimate of drug-likeness (QED) is 0.475. The van der Waals surface area contributed by atoms with Crippen molar-refractivity contribution in [1.29, 1.82) is 0 Å². The van der Waals surface area contributed by atoms with Crippen LogP contribution in [0.2, 0.25) is 0 Å². The van der Waals surface area contributed by atoms with Gasteiger partial charge in [-0.05, 0) is 13.0 Å². The molecule has 1 aliphatic heterocycles. The summed E-state index contributed by atoms with van der Waals surface area (Å²) >= 11 is 0. The van der Waals surface area contributed by atoms with E-state index in [1.54, 1.807) is 13.0 Å². The van der Waals surface area contributed by atoms with Crippen molar-refractivity contribution < 1.29 is 14.4 Å². The number of nitrogens with zero attached hydrogens (tertiary/aromatic N) is 1. The lowest BCUT2D eigenvalue weighted by atomic mass is 10.2. The lowest BCUT2D eigenvalue weighted by Gasteiger charge is -2.08. The van der Waals surface area contributed by atoms with Gasteiger partial charge in [-0.3, -0.25) is 19.3 Å². The molecule has 0 radical (unpaired) electrons. The van der Waals surface area contributed by atoms with Crippen molar-refractivity contribution in [3.8, 4) is 0 Å². The summed E-state index contributed by atoms with van der Waals surface area (Å²) in [5, 5.41) is 2.45. The zero-order valence-corrected chi connectivity index (χ0v) is 8.11. The molecule has 0 aromatic heterocycles. The predicted octanol–water partition coefficient (Wildman–Crippen LogP) is -0.564. The maximum Gasteiger partial charge on any atom is 0.252 e. The predicted molar refractivity (Wildman–Crippen MR) is 49.1 cm³/mol. The Labute approximate surface area is 81.8 Å². The molecule has 1 aliphatic rings. The van der Waals surface area contributed by atoms with Gasteiger partial charge in [-0.15, -0.1) is 0 Å². The first-order chi connectivity index (χ1) is 6.56. The van der Waals surface area contributed by atoms with Gasteiger partial charge >= 0.3 is 0 Å². The fourth-order valence-electron chi connectivity index (χ4n) is 1.24. The van der Waals surface area contributed by atoms with E-state index in [-0.39, 0.29) is 24.1 Å². The average Bonchev–Trinajstić information content (AvgIpc) is 2.34. The molecule has 0 aliphatic carbocycles. The second-order valence-corrected chi connectivity index (χ2v) is 3.06. The molecular weight excluding hydrogens is 184 g/mol. The monoisotopic (exact) mass is 196 g/mol. The summed E-state index contributed by atoms with van der Waals surface area (Å²) in [5.41, 5.74) is 0. The van der Waals surface area contributed by atoms with Crippen LogP contribution in [0.4, 0.5) is 0 Å². The van der Waals surface area contributed by atoms with E-state index in [1.807, 2.05) is 0 Å². The van der Waals surface area contributed by atoms with Gasteiger partial charge in [-0.25, -0.2) is 0 Å². The fraction of sp³-hybridized carbons (Fsp3) is 0.444. The van der Waals surface area contributed by atoms with Gasteiger partial charge < -0.3 is 5.32 Å². The van der Waals surface area contributed by atoms with Gasteiger partial charge in [0.05, 0.1) is 6.42 Å². The van der Waals surface area contributed by atoms with Crippen LogP contribution in [0.3, 0.4) is 0 Å². The van der Waals surface area contributed by atoms with Crippen LogP contribution in [0.5, 0.6) is 0 Å². The summed E-state index contributed by atoms with van der Waals surface area (Å²) in [6, 6.07) is -0.698. The van der Waals surface area contributed by atoms with Crippen molar-refractivity contribution in [2.45, 2.75) is 19.4 Å². The molecule has 0 aromatic rings. The minimum atomic E-state index is -0.698. The molecule has 1 atom stereocenters. The molecule has 5 heteroatoms. The minimum Gasteiger partial charge on any atom is -0.340 e. The number of allylic oxidation sites excluding steroid dienone is 1. The Bertz CT molecular complexity index is 309. The summed E-state index contributed by atoms with van der Waals surface area (Å²) in [7, 11) is 1.41. The Hall–Kier alpha value is -1.65. The summed E-state index contributed by atoms with van der Waals surface area (Å²) in [6.07, 6.45) is 2.94. The Kier molecular flexibility index (Phi) is 3.01. The highest BCUT2D eigenvalue weighted by Crippen LogP contribution is 2.10. The molecule has 5 nitrogen and oxygen atoms in total. The third-order valence-electron chi connectivity index (χ3n) is 2.02. The first-order valence-electron chi connectivity index (χ1n) is 4.30. The van der Waals surface area contributed by atoms with Gasteiger partial charge in [0.25, 0.3) is 5.91 Å². The number of likely N-dealkylation sites (N-methyl/N-ethyl adjacent to an activating group) is 1. The Balaban J connectivity index is 2.60. The lowest BCUT2D eigenvalue weighted by Crippen LogP contribution is -2.39. The average molecular weight is 196 g/mol. The maximum atomic E-state index is 11.3. The molecule has 1 N–H and O–H groups in total. The standard InChI is InChI=1S/C9H12N2O3/c1-3-4-7(12)10-6-5-8(13)11(2)9(6)14/h3-4,6H,5H2,1-2H3,(H,10,12). The van der Waals surface area contributed by atoms with Crippen LogP contribution in [-0.2, 0) is 14.4 Å². The van der Waals surface area contributed by atoms with Crippen molar-refractivity contribution in [1.82, 2.24) is 10.2 Å². The van der Waals surface area contributed by atoms with Crippen LogP contribution >= 0.6 is 0 Å². The third kappa shape index (κ3) is 1.99. The van der Waals surface area contributed by atoms with Gasteiger partial charge in [0, 0.05) is 7.05 Å². The molecule has 0 saturated carbocycles. The van der Waals surface area contributed by atoms with E-state index < -0.39 is 6.04 Å². The number of likely N-dealkylation sites (tertiary alicyclic amines) is 1. The minimum absolute atomic E-state index is 0.0542. The van der Waals surface area contributed by atoms with Crippen LogP contribution in [0.1, 0.15) is 13.3 Å². The number of amides is 3. The highest BCUT2D eigenvalue weighted by molar-refractivity contribution is 6.07. The number of hydrogen-bond donors (Lipinski definition) is 1. The summed E-state index contributed by atoms with van der Waals surface area (Å²) < 4.78 is 0. The van der Waals surface area contributed by atoms with E-state index in [2.05, 4.69) is 5.32 Å². The number of hydrogen-bond acceptors (Lipinski definition) is 3. The van der Waals surface area contributed by atoms with Crippen LogP contribution in [-0.4, -0.2) is 35.7 Å². The van der Waals surface area contributed by atoms with Crippen molar-refractivity contribution in [3.63, 3.8) is 0 Å². The largest absolute Gasteiger partial charge is 0.340 e. The van der Waals surface area contributed by atoms with E-state index in [4.69, 9.17) is 0 Å². The second kappa shape index (κ2) is 4.04. The van der Waals surface area contributed by atoms with E-state index in [9.17, 15) is 14.4 Å². The zero-order chi connectivity index (χ0) is 10.7. The summed E-state index contributed by atoms with van der Waals surface area (Å²) in [5.74, 6) is -0.970. The molecular formula is C9H12N2O3. The molecule has 3 amide bonds. The highest BCUT2D eigenvalue weighted by atomic mass is 16.2. The number of carbonyl (C=O) groups is 3. The van der Waals surface area contributed by atoms with Crippen LogP contribution in [0, 0.1) is 0 Å². The molecule has 0 aromatic carbocycles. The Morgan fingerprint density at radius 1 is 1.57 bits per heavy atom. The molecule has 1 heterocycles. The maximum absolute atomic E-state index is 11.3. The highest BCUT2D eigenvalue weighted by Gasteiger charge is 2.36. The molecule has 76 valence electrons. The first kappa shape index (κ1) is 10.4. The van der Waals surface area contributed by atoms with Gasteiger partial charge in [-0.2, -0.15) is 0 Å². The van der Waals surface area contributed by atoms with Gasteiger partial charge in [0.15, 0.2) is 0 Å². The molecule has 1 unspecified atom stereocenters. The normalized spacial score (nSPS) is 22.1. The third-order valence-corrected chi connectivity index (χ3v) is 2.02. The fourth-order valence-corrected chi connectivity index (χ4v) is 1.24. The number of nitrogens with one attached hydrogen (secondary N) is 1. The van der Waals surface area contributed by atoms with Crippen LogP contribution < -0.4 is 5.32 Å². The van der Waals surface area contributed by atoms with Crippen LogP contribution in [0.25, 0.3) is 0 Å². The Morgan fingerprint density at radius 2 is 2.21 bits per heavy atom. The second-order valence-electron chi connectivity index (χ2n) is 3.06. The SMILES string of the molecule is CC=CC(=O)NC1CC(=O)N(C)C1=O. The van der Waals surface area contributed by atoms with Gasteiger partial charge in [0.2, 0.25) is 11.8 Å². The summed E-state index contributed by atoms with van der Waals surface area (Å²) in [4.78, 5) is 34.5. The van der Waals surface area contributed by atoms with Crippen molar-refractivity contribution in [2.24, 2.45) is 0 Å². The van der Waals surface area contributed by atoms with Gasteiger partial charge in [0.1, 0.15) is 6.04 Å². The zero-order valence-electron chi connectivity index (χ0n) is 8.11. The molecule has 14 heavy (non-hydrogen) atoms. The number of rotatable bonds is 2. The van der Waals surface area contributed by atoms with E-state index in [1.165, 1.54) is 13.1 Å². The topological polar surface area (TPSA) is 66.5 Å². The van der Waals surface area contributed by atoms with Crippen molar-refractivity contribution >= 4 is 17.7 Å². The first-order valence-corrected chi connectivity index (χ1v) is 4.30. The number of imide groups is 1. The van der Waals surface area contributed by atoms with E-state index in [0.29, 0.717) is 0 Å². The smallest absolute Gasteiger partial charge is 0.252 e.